The van der Waals surface area contributed by atoms with E-state index >= 15 is 0 Å². The molecule has 1 aliphatic rings. The summed E-state index contributed by atoms with van der Waals surface area (Å²) in [5, 5.41) is 0.458. The maximum Gasteiger partial charge on any atom is 0.243 e. The normalized spacial score (nSPS) is 17.0. The second-order valence-electron chi connectivity index (χ2n) is 7.50. The highest BCUT2D eigenvalue weighted by Crippen LogP contribution is 2.23. The molecule has 29 heavy (non-hydrogen) atoms. The average molecular weight is 457 g/mol. The summed E-state index contributed by atoms with van der Waals surface area (Å²) >= 11 is 5.83. The van der Waals surface area contributed by atoms with Crippen molar-refractivity contribution in [2.24, 2.45) is 5.92 Å². The van der Waals surface area contributed by atoms with Crippen LogP contribution in [-0.4, -0.2) is 51.6 Å². The van der Waals surface area contributed by atoms with E-state index in [2.05, 4.69) is 13.8 Å². The van der Waals surface area contributed by atoms with Gasteiger partial charge in [0.25, 0.3) is 0 Å². The fraction of sp³-hybridized carbons (Fsp3) is 0.400. The molecular formula is C20H25ClN2O4S2. The summed E-state index contributed by atoms with van der Waals surface area (Å²) in [7, 11) is -7.33. The van der Waals surface area contributed by atoms with Crippen LogP contribution in [0.25, 0.3) is 0 Å². The van der Waals surface area contributed by atoms with Crippen molar-refractivity contribution in [3.63, 3.8) is 0 Å². The minimum absolute atomic E-state index is 0.107. The van der Waals surface area contributed by atoms with Crippen molar-refractivity contribution >= 4 is 31.6 Å². The predicted octanol–water partition coefficient (Wildman–Crippen LogP) is 3.23. The van der Waals surface area contributed by atoms with Crippen LogP contribution < -0.4 is 0 Å². The van der Waals surface area contributed by atoms with E-state index in [-0.39, 0.29) is 36.0 Å². The van der Waals surface area contributed by atoms with Gasteiger partial charge in [-0.3, -0.25) is 0 Å². The fourth-order valence-corrected chi connectivity index (χ4v) is 6.29. The molecule has 158 valence electrons. The van der Waals surface area contributed by atoms with Gasteiger partial charge in [-0.15, -0.1) is 0 Å². The second kappa shape index (κ2) is 8.73. The second-order valence-corrected chi connectivity index (χ2v) is 11.8. The molecule has 0 amide bonds. The first-order valence-corrected chi connectivity index (χ1v) is 12.7. The molecule has 0 N–H and O–H groups in total. The van der Waals surface area contributed by atoms with E-state index in [0.717, 1.165) is 12.0 Å². The van der Waals surface area contributed by atoms with E-state index in [0.29, 0.717) is 10.9 Å². The highest BCUT2D eigenvalue weighted by Gasteiger charge is 2.33. The third-order valence-electron chi connectivity index (χ3n) is 4.85. The molecule has 9 heteroatoms. The molecule has 0 spiro atoms. The van der Waals surface area contributed by atoms with Gasteiger partial charge < -0.3 is 0 Å². The van der Waals surface area contributed by atoms with E-state index < -0.39 is 20.0 Å². The van der Waals surface area contributed by atoms with E-state index in [1.54, 1.807) is 12.1 Å². The number of hydrogen-bond donors (Lipinski definition) is 0. The lowest BCUT2D eigenvalue weighted by molar-refractivity contribution is 0.273. The van der Waals surface area contributed by atoms with Crippen molar-refractivity contribution in [1.29, 1.82) is 0 Å². The maximum atomic E-state index is 12.9. The van der Waals surface area contributed by atoms with Crippen LogP contribution in [0.15, 0.2) is 58.3 Å². The topological polar surface area (TPSA) is 74.8 Å². The van der Waals surface area contributed by atoms with Crippen molar-refractivity contribution in [2.45, 2.75) is 30.1 Å². The summed E-state index contributed by atoms with van der Waals surface area (Å²) in [6.45, 7) is 4.67. The van der Waals surface area contributed by atoms with Crippen molar-refractivity contribution in [1.82, 2.24) is 8.61 Å². The summed E-state index contributed by atoms with van der Waals surface area (Å²) < 4.78 is 54.0. The molecule has 6 nitrogen and oxygen atoms in total. The molecule has 0 saturated carbocycles. The third kappa shape index (κ3) is 5.00. The zero-order valence-corrected chi connectivity index (χ0v) is 18.8. The van der Waals surface area contributed by atoms with Gasteiger partial charge in [0.15, 0.2) is 0 Å². The summed E-state index contributed by atoms with van der Waals surface area (Å²) in [5.74, 6) is 0.494. The zero-order valence-electron chi connectivity index (χ0n) is 16.5. The predicted molar refractivity (Wildman–Crippen MR) is 114 cm³/mol. The number of nitrogens with zero attached hydrogens (tertiary/aromatic N) is 2. The Morgan fingerprint density at radius 1 is 0.759 bits per heavy atom. The molecule has 0 radical (unpaired) electrons. The highest BCUT2D eigenvalue weighted by molar-refractivity contribution is 7.89. The number of hydrogen-bond acceptors (Lipinski definition) is 4. The first-order valence-electron chi connectivity index (χ1n) is 9.45. The molecule has 1 fully saturated rings. The number of halogens is 1. The van der Waals surface area contributed by atoms with Crippen LogP contribution in [0, 0.1) is 5.92 Å². The summed E-state index contributed by atoms with van der Waals surface area (Å²) in [5.41, 5.74) is 1.10. The average Bonchev–Trinajstić information content (AvgIpc) is 2.68. The lowest BCUT2D eigenvalue weighted by Gasteiger charge is -2.33. The molecule has 0 aliphatic carbocycles. The first kappa shape index (κ1) is 22.2. The van der Waals surface area contributed by atoms with Gasteiger partial charge in [-0.05, 0) is 54.3 Å². The smallest absolute Gasteiger partial charge is 0.207 e. The van der Waals surface area contributed by atoms with Crippen LogP contribution in [0.1, 0.15) is 19.4 Å². The minimum Gasteiger partial charge on any atom is -0.207 e. The van der Waals surface area contributed by atoms with Gasteiger partial charge in [0.1, 0.15) is 0 Å². The molecule has 2 aromatic carbocycles. The molecule has 1 heterocycles. The standard InChI is InChI=1S/C20H25ClN2O4S2/c1-16(2)15-17-3-7-19(8-4-17)28(24,25)22-11-13-23(14-12-22)29(26,27)20-9-5-18(21)6-10-20/h3-10,16H,11-15H2,1-2H3. The fourth-order valence-electron chi connectivity index (χ4n) is 3.32. The van der Waals surface area contributed by atoms with Gasteiger partial charge in [0.2, 0.25) is 20.0 Å². The van der Waals surface area contributed by atoms with Gasteiger partial charge in [-0.25, -0.2) is 16.8 Å². The lowest BCUT2D eigenvalue weighted by atomic mass is 10.0. The zero-order chi connectivity index (χ0) is 21.2. The van der Waals surface area contributed by atoms with E-state index in [1.807, 2.05) is 12.1 Å². The molecule has 2 aromatic rings. The monoisotopic (exact) mass is 456 g/mol. The molecule has 0 atom stereocenters. The van der Waals surface area contributed by atoms with Gasteiger partial charge in [0.05, 0.1) is 9.79 Å². The Morgan fingerprint density at radius 2 is 1.14 bits per heavy atom. The van der Waals surface area contributed by atoms with Crippen molar-refractivity contribution in [3.05, 3.63) is 59.1 Å². The lowest BCUT2D eigenvalue weighted by Crippen LogP contribution is -2.50. The van der Waals surface area contributed by atoms with Gasteiger partial charge in [0, 0.05) is 31.2 Å². The van der Waals surface area contributed by atoms with Crippen LogP contribution in [0.4, 0.5) is 0 Å². The third-order valence-corrected chi connectivity index (χ3v) is 8.93. The van der Waals surface area contributed by atoms with Crippen LogP contribution in [0.2, 0.25) is 5.02 Å². The van der Waals surface area contributed by atoms with Gasteiger partial charge >= 0.3 is 0 Å². The molecule has 3 rings (SSSR count). The Morgan fingerprint density at radius 3 is 1.52 bits per heavy atom. The van der Waals surface area contributed by atoms with Gasteiger partial charge in [-0.2, -0.15) is 8.61 Å². The number of benzene rings is 2. The Bertz CT molecular complexity index is 1040. The Labute approximate surface area is 178 Å². The molecular weight excluding hydrogens is 432 g/mol. The molecule has 1 saturated heterocycles. The Kier molecular flexibility index (Phi) is 6.70. The number of rotatable bonds is 6. The molecule has 0 aromatic heterocycles. The first-order chi connectivity index (χ1) is 13.6. The van der Waals surface area contributed by atoms with Crippen LogP contribution in [0.5, 0.6) is 0 Å². The minimum atomic E-state index is -3.68. The largest absolute Gasteiger partial charge is 0.243 e. The van der Waals surface area contributed by atoms with E-state index in [1.165, 1.54) is 32.9 Å². The van der Waals surface area contributed by atoms with Gasteiger partial charge in [-0.1, -0.05) is 37.6 Å². The number of piperazine rings is 1. The summed E-state index contributed by atoms with van der Waals surface area (Å²) in [4.78, 5) is 0.387. The maximum absolute atomic E-state index is 12.9. The number of sulfonamides is 2. The van der Waals surface area contributed by atoms with Crippen molar-refractivity contribution in [3.8, 4) is 0 Å². The summed E-state index contributed by atoms with van der Waals surface area (Å²) in [6, 6.07) is 12.9. The van der Waals surface area contributed by atoms with Crippen LogP contribution in [-0.2, 0) is 26.5 Å². The molecule has 0 unspecified atom stereocenters. The van der Waals surface area contributed by atoms with Crippen molar-refractivity contribution < 1.29 is 16.8 Å². The van der Waals surface area contributed by atoms with Crippen LogP contribution >= 0.6 is 11.6 Å². The molecule has 0 bridgehead atoms. The highest BCUT2D eigenvalue weighted by atomic mass is 35.5. The molecule has 1 aliphatic heterocycles. The van der Waals surface area contributed by atoms with E-state index in [4.69, 9.17) is 11.6 Å². The summed E-state index contributed by atoms with van der Waals surface area (Å²) in [6.07, 6.45) is 0.890. The van der Waals surface area contributed by atoms with E-state index in [9.17, 15) is 16.8 Å². The Hall–Kier alpha value is -1.45. The SMILES string of the molecule is CC(C)Cc1ccc(S(=O)(=O)N2CCN(S(=O)(=O)c3ccc(Cl)cc3)CC2)cc1. The Balaban J connectivity index is 1.70. The van der Waals surface area contributed by atoms with Crippen molar-refractivity contribution in [2.75, 3.05) is 26.2 Å². The quantitative estimate of drug-likeness (QED) is 0.668. The van der Waals surface area contributed by atoms with Crippen LogP contribution in [0.3, 0.4) is 0 Å².